The van der Waals surface area contributed by atoms with Gasteiger partial charge in [0.2, 0.25) is 0 Å². The number of carbonyl (C=O) groups is 2. The predicted octanol–water partition coefficient (Wildman–Crippen LogP) is 2.41. The molecule has 0 spiro atoms. The summed E-state index contributed by atoms with van der Waals surface area (Å²) < 4.78 is 0. The van der Waals surface area contributed by atoms with E-state index in [2.05, 4.69) is 0 Å². The van der Waals surface area contributed by atoms with Crippen LogP contribution in [0.15, 0.2) is 42.5 Å². The van der Waals surface area contributed by atoms with Crippen molar-refractivity contribution in [1.29, 1.82) is 0 Å². The van der Waals surface area contributed by atoms with E-state index in [4.69, 9.17) is 5.11 Å². The molecule has 0 bridgehead atoms. The van der Waals surface area contributed by atoms with Crippen molar-refractivity contribution in [3.8, 4) is 0 Å². The molecule has 2 unspecified atom stereocenters. The Labute approximate surface area is 168 Å². The smallest absolute Gasteiger partial charge is 0.313 e. The molecule has 1 aromatic carbocycles. The molecule has 0 saturated heterocycles. The maximum atomic E-state index is 12.2. The standard InChI is InChI=1S/C20H26O5S2/c21-15(11-14-5-2-1-3-6-14)7-8-16-17(22)12-18(23)20(16)27-10-4-9-26-13-19(24)25/h1-3,5-8,15-17,20-22H,4,9-13H2,(H,24,25)/b8-7+/t15-,16?,17+,20?/m0/s1. The molecule has 1 saturated carbocycles. The number of Topliss-reactive ketones (excluding diaryl/α,β-unsaturated/α-hetero) is 1. The summed E-state index contributed by atoms with van der Waals surface area (Å²) in [4.78, 5) is 22.7. The summed E-state index contributed by atoms with van der Waals surface area (Å²) in [5, 5.41) is 28.7. The third kappa shape index (κ3) is 7.70. The van der Waals surface area contributed by atoms with Crippen LogP contribution in [0.4, 0.5) is 0 Å². The quantitative estimate of drug-likeness (QED) is 0.381. The number of benzene rings is 1. The maximum Gasteiger partial charge on any atom is 0.313 e. The average molecular weight is 411 g/mol. The van der Waals surface area contributed by atoms with E-state index < -0.39 is 18.2 Å². The molecule has 5 nitrogen and oxygen atoms in total. The fourth-order valence-corrected chi connectivity index (χ4v) is 5.21. The third-order valence-corrected chi connectivity index (χ3v) is 6.81. The largest absolute Gasteiger partial charge is 0.481 e. The van der Waals surface area contributed by atoms with E-state index in [0.717, 1.165) is 23.5 Å². The molecule has 0 amide bonds. The van der Waals surface area contributed by atoms with Gasteiger partial charge in [-0.05, 0) is 23.5 Å². The first-order valence-corrected chi connectivity index (χ1v) is 11.2. The second-order valence-corrected chi connectivity index (χ2v) is 8.90. The predicted molar refractivity (Wildman–Crippen MR) is 110 cm³/mol. The van der Waals surface area contributed by atoms with Gasteiger partial charge in [0.1, 0.15) is 5.78 Å². The summed E-state index contributed by atoms with van der Waals surface area (Å²) in [5.74, 6) is 0.501. The molecule has 1 aliphatic carbocycles. The number of carbonyl (C=O) groups excluding carboxylic acids is 1. The number of rotatable bonds is 11. The lowest BCUT2D eigenvalue weighted by Gasteiger charge is -2.17. The zero-order chi connectivity index (χ0) is 19.6. The highest BCUT2D eigenvalue weighted by Gasteiger charge is 2.40. The van der Waals surface area contributed by atoms with Crippen LogP contribution in [0.1, 0.15) is 18.4 Å². The van der Waals surface area contributed by atoms with Gasteiger partial charge in [0.25, 0.3) is 0 Å². The number of carboxylic acid groups (broad SMARTS) is 1. The fourth-order valence-electron chi connectivity index (χ4n) is 3.02. The fraction of sp³-hybridized carbons (Fsp3) is 0.500. The molecule has 7 heteroatoms. The number of aliphatic carboxylic acids is 1. The molecule has 2 rings (SSSR count). The lowest BCUT2D eigenvalue weighted by Crippen LogP contribution is -2.22. The Morgan fingerprint density at radius 2 is 2.00 bits per heavy atom. The molecular weight excluding hydrogens is 384 g/mol. The molecule has 1 aromatic rings. The summed E-state index contributed by atoms with van der Waals surface area (Å²) >= 11 is 2.88. The first-order chi connectivity index (χ1) is 13.0. The van der Waals surface area contributed by atoms with Crippen LogP contribution < -0.4 is 0 Å². The van der Waals surface area contributed by atoms with E-state index in [9.17, 15) is 19.8 Å². The molecule has 27 heavy (non-hydrogen) atoms. The molecule has 4 atom stereocenters. The number of aliphatic hydroxyl groups is 2. The van der Waals surface area contributed by atoms with Gasteiger partial charge in [-0.25, -0.2) is 0 Å². The van der Waals surface area contributed by atoms with Crippen molar-refractivity contribution in [3.05, 3.63) is 48.0 Å². The van der Waals surface area contributed by atoms with Gasteiger partial charge in [-0.2, -0.15) is 11.8 Å². The summed E-state index contributed by atoms with van der Waals surface area (Å²) in [6.45, 7) is 0. The number of aliphatic hydroxyl groups excluding tert-OH is 2. The zero-order valence-corrected chi connectivity index (χ0v) is 16.7. The Bertz CT molecular complexity index is 635. The summed E-state index contributed by atoms with van der Waals surface area (Å²) in [6, 6.07) is 9.67. The van der Waals surface area contributed by atoms with E-state index in [-0.39, 0.29) is 29.1 Å². The minimum absolute atomic E-state index is 0.0397. The van der Waals surface area contributed by atoms with Crippen molar-refractivity contribution in [2.45, 2.75) is 36.7 Å². The Balaban J connectivity index is 1.81. The molecule has 148 valence electrons. The molecular formula is C20H26O5S2. The van der Waals surface area contributed by atoms with Crippen molar-refractivity contribution in [2.24, 2.45) is 5.92 Å². The van der Waals surface area contributed by atoms with Crippen LogP contribution >= 0.6 is 23.5 Å². The molecule has 1 fully saturated rings. The highest BCUT2D eigenvalue weighted by Crippen LogP contribution is 2.34. The second-order valence-electron chi connectivity index (χ2n) is 6.55. The first kappa shape index (κ1) is 22.0. The van der Waals surface area contributed by atoms with E-state index in [1.807, 2.05) is 30.3 Å². The van der Waals surface area contributed by atoms with Gasteiger partial charge in [-0.3, -0.25) is 9.59 Å². The van der Waals surface area contributed by atoms with Crippen molar-refractivity contribution in [2.75, 3.05) is 17.3 Å². The number of hydrogen-bond acceptors (Lipinski definition) is 6. The van der Waals surface area contributed by atoms with Crippen molar-refractivity contribution >= 4 is 35.3 Å². The van der Waals surface area contributed by atoms with Gasteiger partial charge in [0.15, 0.2) is 0 Å². The number of hydrogen-bond donors (Lipinski definition) is 3. The number of carboxylic acids is 1. The molecule has 0 aromatic heterocycles. The Hall–Kier alpha value is -1.28. The molecule has 3 N–H and O–H groups in total. The van der Waals surface area contributed by atoms with Crippen LogP contribution in [0.3, 0.4) is 0 Å². The van der Waals surface area contributed by atoms with Crippen LogP contribution in [-0.2, 0) is 16.0 Å². The third-order valence-electron chi connectivity index (χ3n) is 4.32. The van der Waals surface area contributed by atoms with E-state index in [1.54, 1.807) is 12.2 Å². The van der Waals surface area contributed by atoms with Gasteiger partial charge < -0.3 is 15.3 Å². The van der Waals surface area contributed by atoms with E-state index in [0.29, 0.717) is 6.42 Å². The first-order valence-electron chi connectivity index (χ1n) is 8.99. The van der Waals surface area contributed by atoms with Crippen LogP contribution in [0.2, 0.25) is 0 Å². The number of thioether (sulfide) groups is 2. The van der Waals surface area contributed by atoms with Gasteiger partial charge in [0.05, 0.1) is 23.2 Å². The Kier molecular flexibility index (Phi) is 9.41. The lowest BCUT2D eigenvalue weighted by atomic mass is 10.0. The molecule has 0 aliphatic heterocycles. The maximum absolute atomic E-state index is 12.2. The van der Waals surface area contributed by atoms with E-state index >= 15 is 0 Å². The summed E-state index contributed by atoms with van der Waals surface area (Å²) in [7, 11) is 0. The molecule has 1 aliphatic rings. The highest BCUT2D eigenvalue weighted by molar-refractivity contribution is 8.01. The SMILES string of the molecule is O=C(O)CSCCCSC1C(=O)C[C@@H](O)C1/C=C/[C@H](O)Cc1ccccc1. The van der Waals surface area contributed by atoms with Crippen LogP contribution in [0.5, 0.6) is 0 Å². The zero-order valence-electron chi connectivity index (χ0n) is 15.1. The Morgan fingerprint density at radius 1 is 1.26 bits per heavy atom. The summed E-state index contributed by atoms with van der Waals surface area (Å²) in [6.07, 6.45) is 3.54. The normalized spacial score (nSPS) is 23.8. The van der Waals surface area contributed by atoms with Crippen LogP contribution in [0, 0.1) is 5.92 Å². The van der Waals surface area contributed by atoms with Gasteiger partial charge >= 0.3 is 5.97 Å². The lowest BCUT2D eigenvalue weighted by molar-refractivity contribution is -0.133. The summed E-state index contributed by atoms with van der Waals surface area (Å²) in [5.41, 5.74) is 1.03. The monoisotopic (exact) mass is 410 g/mol. The Morgan fingerprint density at radius 3 is 2.70 bits per heavy atom. The van der Waals surface area contributed by atoms with Gasteiger partial charge in [-0.15, -0.1) is 11.8 Å². The minimum atomic E-state index is -0.819. The highest BCUT2D eigenvalue weighted by atomic mass is 32.2. The van der Waals surface area contributed by atoms with Crippen molar-refractivity contribution in [3.63, 3.8) is 0 Å². The second kappa shape index (κ2) is 11.5. The minimum Gasteiger partial charge on any atom is -0.481 e. The average Bonchev–Trinajstić information content (AvgIpc) is 2.89. The number of ketones is 1. The van der Waals surface area contributed by atoms with Gasteiger partial charge in [-0.1, -0.05) is 42.5 Å². The topological polar surface area (TPSA) is 94.8 Å². The van der Waals surface area contributed by atoms with Crippen LogP contribution in [0.25, 0.3) is 0 Å². The molecule has 0 heterocycles. The van der Waals surface area contributed by atoms with Gasteiger partial charge in [0, 0.05) is 18.8 Å². The molecule has 0 radical (unpaired) electrons. The van der Waals surface area contributed by atoms with Crippen molar-refractivity contribution < 1.29 is 24.9 Å². The van der Waals surface area contributed by atoms with Crippen LogP contribution in [-0.4, -0.2) is 61.8 Å². The van der Waals surface area contributed by atoms with Crippen molar-refractivity contribution in [1.82, 2.24) is 0 Å². The van der Waals surface area contributed by atoms with E-state index in [1.165, 1.54) is 23.5 Å².